The average molecular weight is 361 g/mol. The Labute approximate surface area is 141 Å². The Kier molecular flexibility index (Phi) is 5.96. The van der Waals surface area contributed by atoms with E-state index < -0.39 is 42.8 Å². The van der Waals surface area contributed by atoms with E-state index in [1.165, 1.54) is 23.4 Å². The van der Waals surface area contributed by atoms with Gasteiger partial charge in [-0.2, -0.15) is 0 Å². The maximum absolute atomic E-state index is 12.2. The zero-order valence-corrected chi connectivity index (χ0v) is 13.8. The predicted molar refractivity (Wildman–Crippen MR) is 84.0 cm³/mol. The van der Waals surface area contributed by atoms with Crippen molar-refractivity contribution in [3.05, 3.63) is 15.9 Å². The summed E-state index contributed by atoms with van der Waals surface area (Å²) >= 11 is 1.17. The van der Waals surface area contributed by atoms with Crippen molar-refractivity contribution in [1.29, 1.82) is 0 Å². The number of nitrogens with one attached hydrogen (secondary N) is 1. The van der Waals surface area contributed by atoms with Crippen LogP contribution in [0, 0.1) is 0 Å². The summed E-state index contributed by atoms with van der Waals surface area (Å²) in [6.45, 7) is -0.594. The number of aromatic nitrogens is 2. The maximum atomic E-state index is 12.2. The third-order valence-corrected chi connectivity index (χ3v) is 4.49. The molecule has 2 rings (SSSR count). The minimum atomic E-state index is -1.58. The lowest BCUT2D eigenvalue weighted by molar-refractivity contribution is -0.221. The van der Waals surface area contributed by atoms with Gasteiger partial charge in [0, 0.05) is 7.05 Å². The van der Waals surface area contributed by atoms with Gasteiger partial charge in [0.1, 0.15) is 35.8 Å². The number of aliphatic hydroxyl groups excluding tert-OH is 4. The number of ether oxygens (including phenoxy) is 1. The normalized spacial score (nSPS) is 30.2. The van der Waals surface area contributed by atoms with E-state index >= 15 is 0 Å². The first-order valence-electron chi connectivity index (χ1n) is 7.03. The van der Waals surface area contributed by atoms with Gasteiger partial charge in [-0.15, -0.1) is 0 Å². The Morgan fingerprint density at radius 2 is 2.00 bits per heavy atom. The summed E-state index contributed by atoms with van der Waals surface area (Å²) in [6.07, 6.45) is -5.04. The topological polar surface area (TPSA) is 154 Å². The van der Waals surface area contributed by atoms with Crippen molar-refractivity contribution in [2.45, 2.75) is 35.8 Å². The summed E-state index contributed by atoms with van der Waals surface area (Å²) in [4.78, 5) is 27.5. The molecule has 1 aliphatic heterocycles. The molecule has 1 aromatic heterocycles. The smallest absolute Gasteiger partial charge is 0.266 e. The number of hydrogen-bond acceptors (Lipinski definition) is 10. The number of hydrogen-bond donors (Lipinski definition) is 5. The molecule has 1 fully saturated rings. The summed E-state index contributed by atoms with van der Waals surface area (Å²) in [5.74, 6) is -0.123. The van der Waals surface area contributed by atoms with Crippen LogP contribution < -0.4 is 10.9 Å². The van der Waals surface area contributed by atoms with Gasteiger partial charge in [-0.3, -0.25) is 14.2 Å². The summed E-state index contributed by atoms with van der Waals surface area (Å²) in [5, 5.41) is 41.6. The zero-order valence-electron chi connectivity index (χ0n) is 13.0. The molecule has 0 aromatic carbocycles. The van der Waals surface area contributed by atoms with Crippen molar-refractivity contribution >= 4 is 23.9 Å². The lowest BCUT2D eigenvalue weighted by atomic mass is 9.98. The molecule has 0 amide bonds. The fourth-order valence-electron chi connectivity index (χ4n) is 2.35. The molecule has 1 aromatic rings. The van der Waals surface area contributed by atoms with E-state index in [1.54, 1.807) is 6.26 Å². The van der Waals surface area contributed by atoms with Crippen molar-refractivity contribution in [2.75, 3.05) is 18.2 Å². The molecule has 0 spiro atoms. The monoisotopic (exact) mass is 361 g/mol. The first-order chi connectivity index (χ1) is 11.3. The van der Waals surface area contributed by atoms with Crippen LogP contribution in [-0.4, -0.2) is 79.8 Å². The van der Waals surface area contributed by atoms with Gasteiger partial charge in [-0.1, -0.05) is 11.8 Å². The molecule has 0 unspecified atom stereocenters. The second-order valence-corrected chi connectivity index (χ2v) is 6.01. The highest BCUT2D eigenvalue weighted by atomic mass is 32.2. The number of nitrogens with zero attached hydrogens (tertiary/aromatic N) is 2. The summed E-state index contributed by atoms with van der Waals surface area (Å²) < 4.78 is 6.49. The van der Waals surface area contributed by atoms with E-state index in [-0.39, 0.29) is 11.4 Å². The molecule has 11 heteroatoms. The Morgan fingerprint density at radius 3 is 2.54 bits per heavy atom. The number of carbonyl (C=O) groups is 1. The Hall–Kier alpha value is -1.50. The van der Waals surface area contributed by atoms with E-state index in [1.807, 2.05) is 0 Å². The van der Waals surface area contributed by atoms with Crippen LogP contribution in [0.5, 0.6) is 0 Å². The van der Waals surface area contributed by atoms with Gasteiger partial charge in [0.2, 0.25) is 0 Å². The van der Waals surface area contributed by atoms with E-state index in [0.717, 1.165) is 0 Å². The van der Waals surface area contributed by atoms with E-state index in [9.17, 15) is 30.0 Å². The Morgan fingerprint density at radius 1 is 1.33 bits per heavy atom. The quantitative estimate of drug-likeness (QED) is 0.216. The van der Waals surface area contributed by atoms with Crippen LogP contribution in [-0.2, 0) is 11.8 Å². The maximum Gasteiger partial charge on any atom is 0.266 e. The van der Waals surface area contributed by atoms with E-state index in [4.69, 9.17) is 4.74 Å². The van der Waals surface area contributed by atoms with Crippen molar-refractivity contribution in [2.24, 2.45) is 7.05 Å². The molecule has 5 N–H and O–H groups in total. The number of thioether (sulfide) groups is 1. The molecule has 10 nitrogen and oxygen atoms in total. The van der Waals surface area contributed by atoms with Gasteiger partial charge in [-0.05, 0) is 6.26 Å². The van der Waals surface area contributed by atoms with Gasteiger partial charge in [0.05, 0.1) is 6.61 Å². The Balaban J connectivity index is 2.38. The van der Waals surface area contributed by atoms with Crippen LogP contribution in [0.3, 0.4) is 0 Å². The van der Waals surface area contributed by atoms with Gasteiger partial charge in [-0.25, -0.2) is 4.98 Å². The highest BCUT2D eigenvalue weighted by Gasteiger charge is 2.43. The molecule has 0 radical (unpaired) electrons. The molecule has 24 heavy (non-hydrogen) atoms. The van der Waals surface area contributed by atoms with E-state index in [0.29, 0.717) is 11.4 Å². The molecule has 2 heterocycles. The van der Waals surface area contributed by atoms with Gasteiger partial charge < -0.3 is 30.5 Å². The molecule has 1 saturated heterocycles. The fraction of sp³-hybridized carbons (Fsp3) is 0.615. The van der Waals surface area contributed by atoms with E-state index in [2.05, 4.69) is 10.3 Å². The standard InChI is InChI=1S/C13H19N3O7S/c1-16-12(22)5(3-17)10(15-13(16)24-2)14-11-9(21)8(20)7(19)6(4-18)23-11/h3,6-9,11,14,18-21H,4H2,1-2H3/t6-,7-,8+,9-,11-/m1/s1. The Bertz CT molecular complexity index is 666. The number of aldehydes is 1. The van der Waals surface area contributed by atoms with Crippen molar-refractivity contribution in [3.63, 3.8) is 0 Å². The molecule has 0 saturated carbocycles. The SMILES string of the molecule is CSc1nc(N[C@@H]2O[C@H](CO)[C@@H](O)[C@H](O)[C@H]2O)c(C=O)c(=O)n1C. The summed E-state index contributed by atoms with van der Waals surface area (Å²) in [6, 6.07) is 0. The largest absolute Gasteiger partial charge is 0.394 e. The number of carbonyl (C=O) groups excluding carboxylic acids is 1. The van der Waals surface area contributed by atoms with Gasteiger partial charge in [0.15, 0.2) is 17.7 Å². The zero-order chi connectivity index (χ0) is 18.0. The lowest BCUT2D eigenvalue weighted by Crippen LogP contribution is -2.60. The molecule has 134 valence electrons. The van der Waals surface area contributed by atoms with Crippen LogP contribution in [0.4, 0.5) is 5.82 Å². The molecule has 5 atom stereocenters. The lowest BCUT2D eigenvalue weighted by Gasteiger charge is -2.40. The minimum absolute atomic E-state index is 0.123. The molecular weight excluding hydrogens is 342 g/mol. The van der Waals surface area contributed by atoms with Crippen molar-refractivity contribution in [3.8, 4) is 0 Å². The number of aliphatic hydroxyl groups is 4. The molecule has 1 aliphatic rings. The fourth-order valence-corrected chi connectivity index (χ4v) is 2.89. The molecular formula is C13H19N3O7S. The van der Waals surface area contributed by atoms with Gasteiger partial charge >= 0.3 is 0 Å². The summed E-state index contributed by atoms with van der Waals surface area (Å²) in [7, 11) is 1.46. The highest BCUT2D eigenvalue weighted by molar-refractivity contribution is 7.98. The molecule has 0 aliphatic carbocycles. The van der Waals surface area contributed by atoms with Crippen LogP contribution in [0.25, 0.3) is 0 Å². The van der Waals surface area contributed by atoms with Crippen LogP contribution in [0.15, 0.2) is 9.95 Å². The first kappa shape index (κ1) is 18.8. The van der Waals surface area contributed by atoms with Crippen LogP contribution >= 0.6 is 11.8 Å². The molecule has 0 bridgehead atoms. The minimum Gasteiger partial charge on any atom is -0.394 e. The number of rotatable bonds is 5. The first-order valence-corrected chi connectivity index (χ1v) is 8.25. The van der Waals surface area contributed by atoms with Gasteiger partial charge in [0.25, 0.3) is 5.56 Å². The van der Waals surface area contributed by atoms with Crippen LogP contribution in [0.1, 0.15) is 10.4 Å². The van der Waals surface area contributed by atoms with Crippen LogP contribution in [0.2, 0.25) is 0 Å². The van der Waals surface area contributed by atoms with Crippen molar-refractivity contribution in [1.82, 2.24) is 9.55 Å². The second kappa shape index (κ2) is 7.59. The second-order valence-electron chi connectivity index (χ2n) is 5.24. The summed E-state index contributed by atoms with van der Waals surface area (Å²) in [5.41, 5.74) is -0.858. The predicted octanol–water partition coefficient (Wildman–Crippen LogP) is -2.47. The number of anilines is 1. The highest BCUT2D eigenvalue weighted by Crippen LogP contribution is 2.23. The average Bonchev–Trinajstić information content (AvgIpc) is 2.58. The third-order valence-electron chi connectivity index (χ3n) is 3.76. The van der Waals surface area contributed by atoms with Crippen molar-refractivity contribution < 1.29 is 30.0 Å². The third kappa shape index (κ3) is 3.31.